The minimum absolute atomic E-state index is 0.0106. The average Bonchev–Trinajstić information content (AvgIpc) is 2.97. The number of sulfonamides is 1. The first-order valence-electron chi connectivity index (χ1n) is 14.6. The number of carboxylic acids is 1. The summed E-state index contributed by atoms with van der Waals surface area (Å²) in [6.07, 6.45) is 8.01. The Morgan fingerprint density at radius 1 is 1.00 bits per heavy atom. The van der Waals surface area contributed by atoms with Gasteiger partial charge in [-0.05, 0) is 42.4 Å². The minimum Gasteiger partial charge on any atom is -0.481 e. The molecule has 3 rings (SSSR count). The third kappa shape index (κ3) is 12.1. The first-order chi connectivity index (χ1) is 20.1. The predicted octanol–water partition coefficient (Wildman–Crippen LogP) is 4.77. The Bertz CT molecular complexity index is 1250. The van der Waals surface area contributed by atoms with Gasteiger partial charge in [-0.2, -0.15) is 12.6 Å². The van der Waals surface area contributed by atoms with E-state index in [9.17, 15) is 22.8 Å². The number of carboxylic acid groups (broad SMARTS) is 1. The van der Waals surface area contributed by atoms with Crippen LogP contribution in [-0.4, -0.2) is 50.2 Å². The van der Waals surface area contributed by atoms with E-state index in [2.05, 4.69) is 23.3 Å². The van der Waals surface area contributed by atoms with Gasteiger partial charge < -0.3 is 15.7 Å². The van der Waals surface area contributed by atoms with Crippen LogP contribution in [0.4, 0.5) is 0 Å². The molecule has 0 bridgehead atoms. The van der Waals surface area contributed by atoms with Gasteiger partial charge in [0.25, 0.3) is 10.0 Å². The number of benzene rings is 2. The molecule has 0 aliphatic heterocycles. The number of amides is 2. The maximum absolute atomic E-state index is 12.6. The molecule has 0 unspecified atom stereocenters. The fourth-order valence-corrected chi connectivity index (χ4v) is 6.62. The zero-order chi connectivity index (χ0) is 31.0. The summed E-state index contributed by atoms with van der Waals surface area (Å²) in [4.78, 5) is 33.7. The fourth-order valence-electron chi connectivity index (χ4n) is 4.93. The Morgan fingerprint density at radius 3 is 2.24 bits per heavy atom. The van der Waals surface area contributed by atoms with E-state index >= 15 is 0 Å². The zero-order valence-electron chi connectivity index (χ0n) is 24.6. The van der Waals surface area contributed by atoms with Gasteiger partial charge in [0, 0.05) is 50.2 Å². The molecule has 0 heterocycles. The summed E-state index contributed by atoms with van der Waals surface area (Å²) in [5, 5.41) is 14.4. The van der Waals surface area contributed by atoms with Crippen LogP contribution >= 0.6 is 12.6 Å². The molecule has 0 spiro atoms. The first-order valence-corrected chi connectivity index (χ1v) is 16.7. The van der Waals surface area contributed by atoms with Crippen molar-refractivity contribution in [2.75, 3.05) is 18.8 Å². The van der Waals surface area contributed by atoms with Gasteiger partial charge in [-0.3, -0.25) is 14.4 Å². The summed E-state index contributed by atoms with van der Waals surface area (Å²) in [5.74, 6) is -0.194. The van der Waals surface area contributed by atoms with Gasteiger partial charge in [0.1, 0.15) is 0 Å². The van der Waals surface area contributed by atoms with Crippen molar-refractivity contribution >= 4 is 40.4 Å². The lowest BCUT2D eigenvalue weighted by atomic mass is 9.80. The fraction of sp³-hybridized carbons (Fsp3) is 0.516. The second-order valence-corrected chi connectivity index (χ2v) is 12.5. The molecule has 0 radical (unpaired) electrons. The predicted molar refractivity (Wildman–Crippen MR) is 169 cm³/mol. The highest BCUT2D eigenvalue weighted by atomic mass is 32.2. The number of unbranched alkanes of at least 4 members (excludes halogenated alkanes) is 1. The number of hydrogen-bond acceptors (Lipinski definition) is 7. The van der Waals surface area contributed by atoms with E-state index in [0.717, 1.165) is 36.8 Å². The molecular formula is C31H45N3O6S2. The van der Waals surface area contributed by atoms with Crippen LogP contribution in [0.1, 0.15) is 70.8 Å². The summed E-state index contributed by atoms with van der Waals surface area (Å²) < 4.78 is 27.1. The van der Waals surface area contributed by atoms with Gasteiger partial charge in [-0.25, -0.2) is 13.1 Å². The lowest BCUT2D eigenvalue weighted by Crippen LogP contribution is -2.39. The third-order valence-corrected chi connectivity index (χ3v) is 9.03. The molecule has 1 aliphatic rings. The van der Waals surface area contributed by atoms with Crippen LogP contribution in [0.2, 0.25) is 0 Å². The quantitative estimate of drug-likeness (QED) is 0.151. The monoisotopic (exact) mass is 619 g/mol. The van der Waals surface area contributed by atoms with Crippen molar-refractivity contribution in [3.63, 3.8) is 0 Å². The Hall–Kier alpha value is -2.89. The van der Waals surface area contributed by atoms with Crippen LogP contribution in [0.15, 0.2) is 53.4 Å². The van der Waals surface area contributed by atoms with Crippen molar-refractivity contribution in [3.8, 4) is 11.1 Å². The topological polar surface area (TPSA) is 142 Å². The Labute approximate surface area is 255 Å². The summed E-state index contributed by atoms with van der Waals surface area (Å²) >= 11 is 4.42. The highest BCUT2D eigenvalue weighted by Crippen LogP contribution is 2.31. The summed E-state index contributed by atoms with van der Waals surface area (Å²) in [6.45, 7) is 4.98. The van der Waals surface area contributed by atoms with Crippen LogP contribution in [-0.2, 0) is 31.0 Å². The number of carbonyl (C=O) groups excluding carboxylic acids is 2. The maximum atomic E-state index is 12.6. The van der Waals surface area contributed by atoms with Crippen LogP contribution in [0.5, 0.6) is 0 Å². The Balaban J connectivity index is 0.000000782. The van der Waals surface area contributed by atoms with E-state index in [1.54, 1.807) is 18.2 Å². The number of rotatable bonds is 14. The standard InChI is InChI=1S/C26H35N3O4S2.C5H10O2/c1-19(30)29-35(32,33)25-10-6-5-9-23(25)22-13-11-20(12-14-22)17-27-15-16-28-26(31)24(18-34)21-7-3-2-4-8-21;1-2-3-4-5(6)7/h5-6,9-14,21,24,27,34H,2-4,7-8,15-18H2,1H3,(H,28,31)(H,29,30);2-4H2,1H3,(H,6,7)/t24-;/m0./s1. The molecule has 4 N–H and O–H groups in total. The molecule has 1 fully saturated rings. The minimum atomic E-state index is -3.94. The van der Waals surface area contributed by atoms with Gasteiger partial charge in [0.05, 0.1) is 4.90 Å². The normalized spacial score (nSPS) is 14.3. The summed E-state index contributed by atoms with van der Waals surface area (Å²) in [6, 6.07) is 14.2. The van der Waals surface area contributed by atoms with E-state index in [1.165, 1.54) is 32.3 Å². The average molecular weight is 620 g/mol. The number of nitrogens with one attached hydrogen (secondary N) is 3. The SMILES string of the molecule is CC(=O)NS(=O)(=O)c1ccccc1-c1ccc(CNCCNC(=O)[C@@H](CS)C2CCCCC2)cc1.CCCCC(=O)O. The van der Waals surface area contributed by atoms with E-state index < -0.39 is 21.9 Å². The molecule has 9 nitrogen and oxygen atoms in total. The van der Waals surface area contributed by atoms with E-state index in [0.29, 0.717) is 43.3 Å². The molecule has 2 aromatic rings. The van der Waals surface area contributed by atoms with Gasteiger partial charge in [-0.15, -0.1) is 0 Å². The second-order valence-electron chi connectivity index (χ2n) is 10.5. The molecule has 1 atom stereocenters. The Kier molecular flexibility index (Phi) is 15.6. The third-order valence-electron chi connectivity index (χ3n) is 7.15. The van der Waals surface area contributed by atoms with Crippen molar-refractivity contribution in [2.45, 2.75) is 76.7 Å². The Morgan fingerprint density at radius 2 is 1.67 bits per heavy atom. The molecule has 0 aromatic heterocycles. The molecule has 1 saturated carbocycles. The first kappa shape index (κ1) is 35.3. The number of thiol groups is 1. The van der Waals surface area contributed by atoms with E-state index in [-0.39, 0.29) is 16.7 Å². The smallest absolute Gasteiger partial charge is 0.303 e. The number of carbonyl (C=O) groups is 3. The largest absolute Gasteiger partial charge is 0.481 e. The molecule has 42 heavy (non-hydrogen) atoms. The van der Waals surface area contributed by atoms with Gasteiger partial charge in [-0.1, -0.05) is 75.1 Å². The van der Waals surface area contributed by atoms with E-state index in [1.807, 2.05) is 35.9 Å². The lowest BCUT2D eigenvalue weighted by molar-refractivity contribution is -0.137. The second kappa shape index (κ2) is 18.6. The van der Waals surface area contributed by atoms with Crippen molar-refractivity contribution < 1.29 is 27.9 Å². The van der Waals surface area contributed by atoms with Crippen LogP contribution in [0.25, 0.3) is 11.1 Å². The molecule has 232 valence electrons. The highest BCUT2D eigenvalue weighted by molar-refractivity contribution is 7.90. The van der Waals surface area contributed by atoms with Crippen molar-refractivity contribution in [3.05, 3.63) is 54.1 Å². The highest BCUT2D eigenvalue weighted by Gasteiger charge is 2.28. The van der Waals surface area contributed by atoms with Crippen molar-refractivity contribution in [2.24, 2.45) is 11.8 Å². The maximum Gasteiger partial charge on any atom is 0.303 e. The molecule has 2 amide bonds. The van der Waals surface area contributed by atoms with Crippen LogP contribution in [0.3, 0.4) is 0 Å². The molecule has 11 heteroatoms. The summed E-state index contributed by atoms with van der Waals surface area (Å²) in [7, 11) is -3.94. The zero-order valence-corrected chi connectivity index (χ0v) is 26.3. The molecule has 2 aromatic carbocycles. The molecular weight excluding hydrogens is 574 g/mol. The summed E-state index contributed by atoms with van der Waals surface area (Å²) in [5.41, 5.74) is 2.31. The van der Waals surface area contributed by atoms with Crippen molar-refractivity contribution in [1.82, 2.24) is 15.4 Å². The van der Waals surface area contributed by atoms with E-state index in [4.69, 9.17) is 5.11 Å². The van der Waals surface area contributed by atoms with Gasteiger partial charge in [0.2, 0.25) is 11.8 Å². The lowest BCUT2D eigenvalue weighted by Gasteiger charge is -2.28. The van der Waals surface area contributed by atoms with Crippen molar-refractivity contribution in [1.29, 1.82) is 0 Å². The number of hydrogen-bond donors (Lipinski definition) is 5. The molecule has 1 aliphatic carbocycles. The van der Waals surface area contributed by atoms with Crippen LogP contribution in [0, 0.1) is 11.8 Å². The van der Waals surface area contributed by atoms with Gasteiger partial charge >= 0.3 is 5.97 Å². The molecule has 0 saturated heterocycles. The van der Waals surface area contributed by atoms with Gasteiger partial charge in [0.15, 0.2) is 0 Å². The number of aliphatic carboxylic acids is 1. The van der Waals surface area contributed by atoms with Crippen LogP contribution < -0.4 is 15.4 Å².